The van der Waals surface area contributed by atoms with Crippen LogP contribution >= 0.6 is 24.0 Å². The molecule has 1 aromatic rings. The van der Waals surface area contributed by atoms with Crippen LogP contribution in [0.3, 0.4) is 0 Å². The van der Waals surface area contributed by atoms with Gasteiger partial charge < -0.3 is 15.1 Å². The molecule has 0 atom stereocenters. The zero-order chi connectivity index (χ0) is 18.8. The molecule has 0 bridgehead atoms. The Hall–Kier alpha value is -0.830. The van der Waals surface area contributed by atoms with Crippen LogP contribution in [0.5, 0.6) is 0 Å². The summed E-state index contributed by atoms with van der Waals surface area (Å²) >= 11 is 0. The molecule has 0 fully saturated rings. The lowest BCUT2D eigenvalue weighted by Gasteiger charge is -2.23. The van der Waals surface area contributed by atoms with Crippen LogP contribution in [0.25, 0.3) is 0 Å². The molecule has 0 aromatic carbocycles. The van der Waals surface area contributed by atoms with E-state index in [1.807, 2.05) is 11.7 Å². The number of aromatic nitrogens is 2. The van der Waals surface area contributed by atoms with Gasteiger partial charge in [-0.15, -0.1) is 24.0 Å². The Bertz CT molecular complexity index is 526. The second-order valence-corrected chi connectivity index (χ2v) is 6.89. The smallest absolute Gasteiger partial charge is 0.194 e. The summed E-state index contributed by atoms with van der Waals surface area (Å²) in [6.45, 7) is 16.7. The first-order valence-electron chi connectivity index (χ1n) is 9.67. The normalized spacial score (nSPS) is 11.8. The molecule has 1 heterocycles. The molecule has 1 aromatic heterocycles. The molecule has 0 spiro atoms. The molecule has 0 amide bonds. The first-order chi connectivity index (χ1) is 11.9. The van der Waals surface area contributed by atoms with Gasteiger partial charge >= 0.3 is 0 Å². The number of likely N-dealkylation sites (N-methyl/N-ethyl adjacent to an activating group) is 1. The van der Waals surface area contributed by atoms with Gasteiger partial charge in [0.1, 0.15) is 0 Å². The molecule has 1 N–H and O–H groups in total. The summed E-state index contributed by atoms with van der Waals surface area (Å²) in [5.74, 6) is 1.39. The van der Waals surface area contributed by atoms with Gasteiger partial charge in [0.05, 0.1) is 12.2 Å². The van der Waals surface area contributed by atoms with Crippen molar-refractivity contribution in [1.82, 2.24) is 24.9 Å². The van der Waals surface area contributed by atoms with Gasteiger partial charge in [-0.3, -0.25) is 9.67 Å². The van der Waals surface area contributed by atoms with Crippen molar-refractivity contribution in [2.75, 3.05) is 39.8 Å². The van der Waals surface area contributed by atoms with Crippen LogP contribution in [0.4, 0.5) is 0 Å². The van der Waals surface area contributed by atoms with E-state index in [0.717, 1.165) is 45.2 Å². The molecule has 0 radical (unpaired) electrons. The van der Waals surface area contributed by atoms with Crippen molar-refractivity contribution in [2.45, 2.75) is 53.5 Å². The van der Waals surface area contributed by atoms with Crippen LogP contribution in [-0.4, -0.2) is 65.3 Å². The van der Waals surface area contributed by atoms with Gasteiger partial charge in [0.2, 0.25) is 0 Å². The first kappa shape index (κ1) is 25.2. The van der Waals surface area contributed by atoms with Crippen LogP contribution in [0.1, 0.15) is 58.2 Å². The molecule has 0 saturated carbocycles. The van der Waals surface area contributed by atoms with Crippen molar-refractivity contribution in [3.8, 4) is 0 Å². The van der Waals surface area contributed by atoms with Gasteiger partial charge in [-0.05, 0) is 32.4 Å². The van der Waals surface area contributed by atoms with E-state index in [-0.39, 0.29) is 24.0 Å². The van der Waals surface area contributed by atoms with Crippen molar-refractivity contribution < 1.29 is 0 Å². The summed E-state index contributed by atoms with van der Waals surface area (Å²) < 4.78 is 1.91. The Kier molecular flexibility index (Phi) is 12.9. The van der Waals surface area contributed by atoms with Gasteiger partial charge in [0.15, 0.2) is 5.96 Å². The highest BCUT2D eigenvalue weighted by molar-refractivity contribution is 14.0. The van der Waals surface area contributed by atoms with Gasteiger partial charge in [-0.25, -0.2) is 0 Å². The zero-order valence-electron chi connectivity index (χ0n) is 17.7. The number of guanidine groups is 1. The van der Waals surface area contributed by atoms with E-state index in [9.17, 15) is 0 Å². The highest BCUT2D eigenvalue weighted by Gasteiger charge is 2.15. The van der Waals surface area contributed by atoms with Crippen LogP contribution in [0.2, 0.25) is 0 Å². The maximum Gasteiger partial charge on any atom is 0.194 e. The Morgan fingerprint density at radius 3 is 2.50 bits per heavy atom. The summed E-state index contributed by atoms with van der Waals surface area (Å²) in [5.41, 5.74) is 2.44. The summed E-state index contributed by atoms with van der Waals surface area (Å²) in [7, 11) is 4.09. The number of rotatable bonds is 10. The Balaban J connectivity index is 0.00000625. The molecular weight excluding hydrogens is 439 g/mol. The lowest BCUT2D eigenvalue weighted by molar-refractivity contribution is 0.296. The number of nitrogens with one attached hydrogen (secondary N) is 1. The molecule has 0 saturated heterocycles. The van der Waals surface area contributed by atoms with Gasteiger partial charge in [0.25, 0.3) is 0 Å². The minimum absolute atomic E-state index is 0. The Morgan fingerprint density at radius 1 is 1.27 bits per heavy atom. The molecule has 26 heavy (non-hydrogen) atoms. The van der Waals surface area contributed by atoms with Crippen molar-refractivity contribution in [2.24, 2.45) is 12.0 Å². The van der Waals surface area contributed by atoms with E-state index in [2.05, 4.69) is 68.1 Å². The lowest BCUT2D eigenvalue weighted by Crippen LogP contribution is -2.39. The predicted octanol–water partition coefficient (Wildman–Crippen LogP) is 3.29. The quantitative estimate of drug-likeness (QED) is 0.319. The average molecular weight is 478 g/mol. The Morgan fingerprint density at radius 2 is 1.96 bits per heavy atom. The van der Waals surface area contributed by atoms with Crippen molar-refractivity contribution in [3.05, 3.63) is 17.5 Å². The van der Waals surface area contributed by atoms with E-state index in [4.69, 9.17) is 4.99 Å². The van der Waals surface area contributed by atoms with Gasteiger partial charge in [-0.2, -0.15) is 5.10 Å². The lowest BCUT2D eigenvalue weighted by atomic mass is 10.1. The van der Waals surface area contributed by atoms with Crippen molar-refractivity contribution in [3.63, 3.8) is 0 Å². The molecule has 0 aliphatic carbocycles. The summed E-state index contributed by atoms with van der Waals surface area (Å²) in [5, 5.41) is 8.02. The number of aliphatic imine (C=N–C) groups is 1. The Labute approximate surface area is 177 Å². The number of nitrogens with zero attached hydrogens (tertiary/aromatic N) is 5. The monoisotopic (exact) mass is 478 g/mol. The molecular formula is C19H39IN6. The SMILES string of the molecule is CCCN(CC)CCN=C(NCC)N(C)Cc1cn(C)nc1C(C)C.I. The summed E-state index contributed by atoms with van der Waals surface area (Å²) in [6, 6.07) is 0. The molecule has 0 aliphatic rings. The fourth-order valence-electron chi connectivity index (χ4n) is 3.00. The summed E-state index contributed by atoms with van der Waals surface area (Å²) in [4.78, 5) is 9.47. The third-order valence-electron chi connectivity index (χ3n) is 4.25. The van der Waals surface area contributed by atoms with E-state index in [1.165, 1.54) is 17.7 Å². The van der Waals surface area contributed by atoms with E-state index < -0.39 is 0 Å². The molecule has 7 heteroatoms. The van der Waals surface area contributed by atoms with Crippen molar-refractivity contribution in [1.29, 1.82) is 0 Å². The van der Waals surface area contributed by atoms with Crippen molar-refractivity contribution >= 4 is 29.9 Å². The fraction of sp³-hybridized carbons (Fsp3) is 0.789. The largest absolute Gasteiger partial charge is 0.357 e. The van der Waals surface area contributed by atoms with Gasteiger partial charge in [-0.1, -0.05) is 27.7 Å². The fourth-order valence-corrected chi connectivity index (χ4v) is 3.00. The van der Waals surface area contributed by atoms with Crippen LogP contribution in [0.15, 0.2) is 11.2 Å². The summed E-state index contributed by atoms with van der Waals surface area (Å²) in [6.07, 6.45) is 3.31. The first-order valence-corrected chi connectivity index (χ1v) is 9.67. The third-order valence-corrected chi connectivity index (χ3v) is 4.25. The minimum atomic E-state index is 0. The predicted molar refractivity (Wildman–Crippen MR) is 123 cm³/mol. The number of aryl methyl sites for hydroxylation is 1. The van der Waals surface area contributed by atoms with Crippen LogP contribution in [-0.2, 0) is 13.6 Å². The molecule has 152 valence electrons. The molecule has 6 nitrogen and oxygen atoms in total. The van der Waals surface area contributed by atoms with E-state index >= 15 is 0 Å². The number of halogens is 1. The number of hydrogen-bond donors (Lipinski definition) is 1. The average Bonchev–Trinajstić information content (AvgIpc) is 2.93. The molecule has 0 unspecified atom stereocenters. The topological polar surface area (TPSA) is 48.7 Å². The standard InChI is InChI=1S/C19H38N6.HI/c1-8-12-25(10-3)13-11-21-19(20-9-2)23(6)14-17-15-24(7)22-18(17)16(4)5;/h15-16H,8-14H2,1-7H3,(H,20,21);1H. The van der Waals surface area contributed by atoms with E-state index in [1.54, 1.807) is 0 Å². The second kappa shape index (κ2) is 13.4. The second-order valence-electron chi connectivity index (χ2n) is 6.89. The highest BCUT2D eigenvalue weighted by Crippen LogP contribution is 2.18. The minimum Gasteiger partial charge on any atom is -0.357 e. The maximum absolute atomic E-state index is 4.82. The number of hydrogen-bond acceptors (Lipinski definition) is 3. The van der Waals surface area contributed by atoms with Crippen LogP contribution < -0.4 is 5.32 Å². The maximum atomic E-state index is 4.82. The van der Waals surface area contributed by atoms with Gasteiger partial charge in [0, 0.05) is 45.5 Å². The molecule has 1 rings (SSSR count). The highest BCUT2D eigenvalue weighted by atomic mass is 127. The zero-order valence-corrected chi connectivity index (χ0v) is 20.1. The third kappa shape index (κ3) is 8.24. The van der Waals surface area contributed by atoms with Crippen LogP contribution in [0, 0.1) is 0 Å². The molecule has 0 aliphatic heterocycles. The van der Waals surface area contributed by atoms with E-state index in [0.29, 0.717) is 5.92 Å².